The van der Waals surface area contributed by atoms with Crippen LogP contribution in [0.4, 0.5) is 0 Å². The predicted octanol–water partition coefficient (Wildman–Crippen LogP) is 2.27. The van der Waals surface area contributed by atoms with Crippen LogP contribution in [-0.4, -0.2) is 38.6 Å². The third-order valence-corrected chi connectivity index (χ3v) is 4.07. The van der Waals surface area contributed by atoms with E-state index in [1.807, 2.05) is 33.9 Å². The number of rotatable bonds is 9. The second-order valence-electron chi connectivity index (χ2n) is 6.27. The van der Waals surface area contributed by atoms with Crippen molar-refractivity contribution in [3.05, 3.63) is 72.3 Å². The molecule has 27 heavy (non-hydrogen) atoms. The first-order chi connectivity index (χ1) is 13.3. The van der Waals surface area contributed by atoms with Gasteiger partial charge in [-0.1, -0.05) is 24.3 Å². The number of nitrogens with one attached hydrogen (secondary N) is 2. The molecule has 2 N–H and O–H groups in total. The van der Waals surface area contributed by atoms with Gasteiger partial charge in [0.25, 0.3) is 0 Å². The van der Waals surface area contributed by atoms with E-state index in [0.29, 0.717) is 6.54 Å². The highest BCUT2D eigenvalue weighted by atomic mass is 15.3. The summed E-state index contributed by atoms with van der Waals surface area (Å²) in [5, 5.41) is 15.2. The van der Waals surface area contributed by atoms with Crippen LogP contribution in [0, 0.1) is 0 Å². The molecule has 0 saturated heterocycles. The SMILES string of the molecule is CCNC(=NCc1cccc(Cn2cccn2)c1)NCCCn1cccn1. The molecule has 3 rings (SSSR count). The van der Waals surface area contributed by atoms with Crippen LogP contribution in [0.2, 0.25) is 0 Å². The Bertz CT molecular complexity index is 807. The number of aliphatic imine (C=N–C) groups is 1. The standard InChI is InChI=1S/C20H27N7/c1-2-21-20(22-9-4-12-26-13-5-10-24-26)23-16-18-7-3-8-19(15-18)17-27-14-6-11-25-27/h3,5-8,10-11,13-15H,2,4,9,12,16-17H2,1H3,(H2,21,22,23). The van der Waals surface area contributed by atoms with E-state index in [2.05, 4.69) is 52.0 Å². The third-order valence-electron chi connectivity index (χ3n) is 4.07. The molecule has 0 aliphatic rings. The molecule has 7 heteroatoms. The summed E-state index contributed by atoms with van der Waals surface area (Å²) in [7, 11) is 0. The number of hydrogen-bond donors (Lipinski definition) is 2. The van der Waals surface area contributed by atoms with Gasteiger partial charge in [-0.2, -0.15) is 10.2 Å². The first kappa shape index (κ1) is 18.7. The molecule has 0 fully saturated rings. The number of benzene rings is 1. The van der Waals surface area contributed by atoms with E-state index in [-0.39, 0.29) is 0 Å². The Morgan fingerprint density at radius 2 is 1.78 bits per heavy atom. The van der Waals surface area contributed by atoms with Gasteiger partial charge in [-0.05, 0) is 36.6 Å². The summed E-state index contributed by atoms with van der Waals surface area (Å²) >= 11 is 0. The molecular weight excluding hydrogens is 338 g/mol. The Hall–Kier alpha value is -3.09. The zero-order valence-electron chi connectivity index (χ0n) is 15.8. The maximum Gasteiger partial charge on any atom is 0.191 e. The van der Waals surface area contributed by atoms with E-state index < -0.39 is 0 Å². The smallest absolute Gasteiger partial charge is 0.191 e. The first-order valence-corrected chi connectivity index (χ1v) is 9.38. The fourth-order valence-corrected chi connectivity index (χ4v) is 2.80. The maximum atomic E-state index is 4.71. The van der Waals surface area contributed by atoms with Crippen molar-refractivity contribution in [3.8, 4) is 0 Å². The molecule has 0 amide bonds. The van der Waals surface area contributed by atoms with Crippen LogP contribution in [-0.2, 0) is 19.6 Å². The van der Waals surface area contributed by atoms with Crippen molar-refractivity contribution in [2.24, 2.45) is 4.99 Å². The number of guanidine groups is 1. The second kappa shape index (κ2) is 10.2. The third kappa shape index (κ3) is 6.29. The Morgan fingerprint density at radius 1 is 1.00 bits per heavy atom. The van der Waals surface area contributed by atoms with Gasteiger partial charge in [0.2, 0.25) is 0 Å². The van der Waals surface area contributed by atoms with Gasteiger partial charge in [0, 0.05) is 44.4 Å². The van der Waals surface area contributed by atoms with Crippen molar-refractivity contribution >= 4 is 5.96 Å². The maximum absolute atomic E-state index is 4.71. The molecular formula is C20H27N7. The van der Waals surface area contributed by atoms with Crippen LogP contribution >= 0.6 is 0 Å². The van der Waals surface area contributed by atoms with Gasteiger partial charge in [-0.25, -0.2) is 4.99 Å². The summed E-state index contributed by atoms with van der Waals surface area (Å²) in [6.07, 6.45) is 8.55. The largest absolute Gasteiger partial charge is 0.357 e. The lowest BCUT2D eigenvalue weighted by molar-refractivity contribution is 0.570. The van der Waals surface area contributed by atoms with E-state index in [9.17, 15) is 0 Å². The molecule has 0 radical (unpaired) electrons. The van der Waals surface area contributed by atoms with Gasteiger partial charge in [0.15, 0.2) is 5.96 Å². The van der Waals surface area contributed by atoms with E-state index in [4.69, 9.17) is 4.99 Å². The highest BCUT2D eigenvalue weighted by Crippen LogP contribution is 2.08. The zero-order valence-corrected chi connectivity index (χ0v) is 15.8. The minimum atomic E-state index is 0.640. The topological polar surface area (TPSA) is 72.1 Å². The fraction of sp³-hybridized carbons (Fsp3) is 0.350. The molecule has 0 spiro atoms. The molecule has 0 aliphatic heterocycles. The molecule has 1 aromatic carbocycles. The Balaban J connectivity index is 1.51. The van der Waals surface area contributed by atoms with Crippen LogP contribution < -0.4 is 10.6 Å². The average Bonchev–Trinajstić information content (AvgIpc) is 3.37. The van der Waals surface area contributed by atoms with Crippen LogP contribution in [0.25, 0.3) is 0 Å². The van der Waals surface area contributed by atoms with E-state index >= 15 is 0 Å². The summed E-state index contributed by atoms with van der Waals surface area (Å²) in [6.45, 7) is 6.08. The van der Waals surface area contributed by atoms with E-state index in [0.717, 1.165) is 38.6 Å². The van der Waals surface area contributed by atoms with Crippen molar-refractivity contribution in [2.75, 3.05) is 13.1 Å². The monoisotopic (exact) mass is 365 g/mol. The van der Waals surface area contributed by atoms with E-state index in [1.165, 1.54) is 11.1 Å². The van der Waals surface area contributed by atoms with Gasteiger partial charge < -0.3 is 10.6 Å². The van der Waals surface area contributed by atoms with Crippen LogP contribution in [0.15, 0.2) is 66.2 Å². The van der Waals surface area contributed by atoms with Crippen LogP contribution in [0.1, 0.15) is 24.5 Å². The lowest BCUT2D eigenvalue weighted by Crippen LogP contribution is -2.38. The predicted molar refractivity (Wildman–Crippen MR) is 107 cm³/mol. The number of aromatic nitrogens is 4. The summed E-state index contributed by atoms with van der Waals surface area (Å²) in [6, 6.07) is 12.4. The highest BCUT2D eigenvalue weighted by Gasteiger charge is 2.00. The van der Waals surface area contributed by atoms with E-state index in [1.54, 1.807) is 12.4 Å². The summed E-state index contributed by atoms with van der Waals surface area (Å²) < 4.78 is 3.87. The van der Waals surface area contributed by atoms with Gasteiger partial charge in [0.05, 0.1) is 13.1 Å². The molecule has 2 heterocycles. The van der Waals surface area contributed by atoms with Crippen molar-refractivity contribution in [2.45, 2.75) is 33.0 Å². The Kier molecular flexibility index (Phi) is 7.03. The van der Waals surface area contributed by atoms with Crippen LogP contribution in [0.3, 0.4) is 0 Å². The van der Waals surface area contributed by atoms with Gasteiger partial charge in [0.1, 0.15) is 0 Å². The number of nitrogens with zero attached hydrogens (tertiary/aromatic N) is 5. The summed E-state index contributed by atoms with van der Waals surface area (Å²) in [5.41, 5.74) is 2.41. The quantitative estimate of drug-likeness (QED) is 0.347. The zero-order chi connectivity index (χ0) is 18.7. The number of aryl methyl sites for hydroxylation is 1. The van der Waals surface area contributed by atoms with Crippen LogP contribution in [0.5, 0.6) is 0 Å². The van der Waals surface area contributed by atoms with Gasteiger partial charge in [-0.3, -0.25) is 9.36 Å². The minimum Gasteiger partial charge on any atom is -0.357 e. The molecule has 7 nitrogen and oxygen atoms in total. The van der Waals surface area contributed by atoms with Gasteiger partial charge >= 0.3 is 0 Å². The number of hydrogen-bond acceptors (Lipinski definition) is 3. The van der Waals surface area contributed by atoms with Crippen molar-refractivity contribution in [1.82, 2.24) is 30.2 Å². The normalized spacial score (nSPS) is 11.5. The summed E-state index contributed by atoms with van der Waals surface area (Å²) in [5.74, 6) is 0.843. The molecule has 0 atom stereocenters. The lowest BCUT2D eigenvalue weighted by atomic mass is 10.1. The van der Waals surface area contributed by atoms with Crippen molar-refractivity contribution < 1.29 is 0 Å². The summed E-state index contributed by atoms with van der Waals surface area (Å²) in [4.78, 5) is 4.71. The molecule has 0 aliphatic carbocycles. The molecule has 2 aromatic heterocycles. The molecule has 3 aromatic rings. The van der Waals surface area contributed by atoms with Gasteiger partial charge in [-0.15, -0.1) is 0 Å². The van der Waals surface area contributed by atoms with Crippen molar-refractivity contribution in [3.63, 3.8) is 0 Å². The Morgan fingerprint density at radius 3 is 2.52 bits per heavy atom. The first-order valence-electron chi connectivity index (χ1n) is 9.38. The average molecular weight is 365 g/mol. The fourth-order valence-electron chi connectivity index (χ4n) is 2.80. The highest BCUT2D eigenvalue weighted by molar-refractivity contribution is 5.79. The molecule has 0 unspecified atom stereocenters. The Labute approximate surface area is 160 Å². The molecule has 0 saturated carbocycles. The molecule has 0 bridgehead atoms. The minimum absolute atomic E-state index is 0.640. The van der Waals surface area contributed by atoms with Crippen molar-refractivity contribution in [1.29, 1.82) is 0 Å². The molecule has 142 valence electrons. The second-order valence-corrected chi connectivity index (χ2v) is 6.27. The lowest BCUT2D eigenvalue weighted by Gasteiger charge is -2.11.